The number of nitrogens with one attached hydrogen (secondary N) is 5. The number of hydrogen-bond acceptors (Lipinski definition) is 4. The molecule has 0 aliphatic carbocycles. The largest absolute Gasteiger partial charge is 0.355 e. The molecule has 130 valence electrons. The summed E-state index contributed by atoms with van der Waals surface area (Å²) < 4.78 is 0. The number of anilines is 3. The normalized spacial score (nSPS) is 11.4. The van der Waals surface area contributed by atoms with Gasteiger partial charge in [0.1, 0.15) is 0 Å². The van der Waals surface area contributed by atoms with Gasteiger partial charge < -0.3 is 15.6 Å². The number of carbonyl (C=O) groups excluding carboxylic acids is 1. The smallest absolute Gasteiger partial charge is 0.351 e. The van der Waals surface area contributed by atoms with E-state index in [1.54, 1.807) is 19.2 Å². The van der Waals surface area contributed by atoms with Crippen LogP contribution in [0.25, 0.3) is 11.0 Å². The van der Waals surface area contributed by atoms with Crippen LogP contribution in [0.15, 0.2) is 36.5 Å². The maximum absolute atomic E-state index is 11.6. The van der Waals surface area contributed by atoms with E-state index in [2.05, 4.69) is 51.7 Å². The van der Waals surface area contributed by atoms with E-state index >= 15 is 0 Å². The summed E-state index contributed by atoms with van der Waals surface area (Å²) >= 11 is 0. The number of fused-ring (bicyclic) bond motifs is 1. The van der Waals surface area contributed by atoms with E-state index < -0.39 is 0 Å². The van der Waals surface area contributed by atoms with Gasteiger partial charge in [-0.05, 0) is 51.1 Å². The van der Waals surface area contributed by atoms with Crippen LogP contribution in [0.1, 0.15) is 31.1 Å². The predicted octanol–water partition coefficient (Wildman–Crippen LogP) is 2.69. The second-order valence-electron chi connectivity index (χ2n) is 6.86. The average molecular weight is 339 g/mol. The summed E-state index contributed by atoms with van der Waals surface area (Å²) in [5.41, 5.74) is 2.15. The first kappa shape index (κ1) is 16.8. The standard InChI is InChI=1S/C18H22N6O/c1-18(2,3)24-15-13-9-10-20-14(13)22-17(23-15)21-12-7-5-11(6-8-12)16(25)19-4/h5-10H,1-4H3,(H,19,25)(H3,20,21,22,23,24)/p+1. The Bertz CT molecular complexity index is 892. The van der Waals surface area contributed by atoms with Crippen molar-refractivity contribution in [2.24, 2.45) is 0 Å². The van der Waals surface area contributed by atoms with E-state index in [1.807, 2.05) is 24.4 Å². The molecule has 0 fully saturated rings. The van der Waals surface area contributed by atoms with Gasteiger partial charge in [-0.2, -0.15) is 0 Å². The van der Waals surface area contributed by atoms with Crippen molar-refractivity contribution in [1.82, 2.24) is 15.3 Å². The Morgan fingerprint density at radius 3 is 2.52 bits per heavy atom. The fraction of sp³-hybridized carbons (Fsp3) is 0.278. The third-order valence-electron chi connectivity index (χ3n) is 3.60. The number of nitrogens with zero attached hydrogens (tertiary/aromatic N) is 1. The van der Waals surface area contributed by atoms with E-state index in [1.165, 1.54) is 0 Å². The van der Waals surface area contributed by atoms with Crippen molar-refractivity contribution in [3.8, 4) is 0 Å². The van der Waals surface area contributed by atoms with Crippen molar-refractivity contribution in [2.75, 3.05) is 17.7 Å². The average Bonchev–Trinajstić information content (AvgIpc) is 3.02. The highest BCUT2D eigenvalue weighted by Gasteiger charge is 2.19. The molecule has 0 aliphatic rings. The maximum atomic E-state index is 11.6. The van der Waals surface area contributed by atoms with Crippen LogP contribution >= 0.6 is 0 Å². The molecule has 0 aliphatic heterocycles. The molecule has 3 rings (SSSR count). The van der Waals surface area contributed by atoms with Crippen molar-refractivity contribution in [3.63, 3.8) is 0 Å². The Morgan fingerprint density at radius 2 is 1.88 bits per heavy atom. The number of carbonyl (C=O) groups is 1. The molecule has 1 amide bonds. The summed E-state index contributed by atoms with van der Waals surface area (Å²) in [5.74, 6) is 1.39. The minimum absolute atomic E-state index is 0.0888. The lowest BCUT2D eigenvalue weighted by molar-refractivity contribution is -0.346. The summed E-state index contributed by atoms with van der Waals surface area (Å²) in [7, 11) is 1.61. The van der Waals surface area contributed by atoms with Crippen LogP contribution in [0.4, 0.5) is 17.5 Å². The summed E-state index contributed by atoms with van der Waals surface area (Å²) in [6.07, 6.45) is 1.86. The molecular weight excluding hydrogens is 316 g/mol. The fourth-order valence-electron chi connectivity index (χ4n) is 2.50. The second kappa shape index (κ2) is 6.43. The molecule has 0 radical (unpaired) electrons. The lowest BCUT2D eigenvalue weighted by Gasteiger charge is -2.18. The fourth-order valence-corrected chi connectivity index (χ4v) is 2.50. The molecule has 0 bridgehead atoms. The van der Waals surface area contributed by atoms with E-state index in [4.69, 9.17) is 0 Å². The lowest BCUT2D eigenvalue weighted by Crippen LogP contribution is -2.31. The van der Waals surface area contributed by atoms with Crippen molar-refractivity contribution in [2.45, 2.75) is 26.3 Å². The van der Waals surface area contributed by atoms with Crippen LogP contribution in [0.5, 0.6) is 0 Å². The van der Waals surface area contributed by atoms with Crippen LogP contribution in [-0.2, 0) is 0 Å². The van der Waals surface area contributed by atoms with Gasteiger partial charge in [-0.3, -0.25) is 10.1 Å². The van der Waals surface area contributed by atoms with Gasteiger partial charge in [0, 0.05) is 18.8 Å². The summed E-state index contributed by atoms with van der Waals surface area (Å²) in [6.45, 7) is 6.30. The van der Waals surface area contributed by atoms with Crippen molar-refractivity contribution in [1.29, 1.82) is 0 Å². The highest BCUT2D eigenvalue weighted by atomic mass is 16.1. The Hall–Kier alpha value is -3.09. The van der Waals surface area contributed by atoms with E-state index in [9.17, 15) is 4.79 Å². The molecule has 2 heterocycles. The Labute approximate surface area is 146 Å². The van der Waals surface area contributed by atoms with Crippen molar-refractivity contribution >= 4 is 34.4 Å². The molecule has 7 nitrogen and oxygen atoms in total. The van der Waals surface area contributed by atoms with Crippen LogP contribution in [-0.4, -0.2) is 28.5 Å². The number of H-pyrrole nitrogens is 2. The number of rotatable bonds is 4. The number of hydrogen-bond donors (Lipinski definition) is 4. The number of aromatic nitrogens is 3. The van der Waals surface area contributed by atoms with Crippen molar-refractivity contribution in [3.05, 3.63) is 42.1 Å². The molecule has 0 saturated heterocycles. The molecule has 0 spiro atoms. The molecule has 25 heavy (non-hydrogen) atoms. The molecule has 2 aromatic heterocycles. The van der Waals surface area contributed by atoms with Crippen LogP contribution < -0.4 is 20.9 Å². The minimum Gasteiger partial charge on any atom is -0.355 e. The maximum Gasteiger partial charge on any atom is 0.351 e. The highest BCUT2D eigenvalue weighted by Crippen LogP contribution is 2.22. The third-order valence-corrected chi connectivity index (χ3v) is 3.60. The molecule has 3 aromatic rings. The Kier molecular flexibility index (Phi) is 4.31. The zero-order valence-corrected chi connectivity index (χ0v) is 14.8. The SMILES string of the molecule is CNC(=O)c1ccc(Nc2nc3[nH]ccc3c(NC(C)(C)C)[nH+]2)cc1. The number of aromatic amines is 2. The topological polar surface area (TPSA) is 96.0 Å². The van der Waals surface area contributed by atoms with Gasteiger partial charge in [0.2, 0.25) is 11.5 Å². The quantitative estimate of drug-likeness (QED) is 0.588. The van der Waals surface area contributed by atoms with Gasteiger partial charge in [-0.15, -0.1) is 0 Å². The minimum atomic E-state index is -0.110. The van der Waals surface area contributed by atoms with Gasteiger partial charge in [0.05, 0.1) is 16.6 Å². The van der Waals surface area contributed by atoms with E-state index in [-0.39, 0.29) is 11.4 Å². The van der Waals surface area contributed by atoms with Gasteiger partial charge in [0.15, 0.2) is 0 Å². The van der Waals surface area contributed by atoms with Crippen molar-refractivity contribution < 1.29 is 9.78 Å². The van der Waals surface area contributed by atoms with E-state index in [0.29, 0.717) is 11.5 Å². The molecule has 1 aromatic carbocycles. The monoisotopic (exact) mass is 339 g/mol. The molecular formula is C18H23N6O+. The van der Waals surface area contributed by atoms with Crippen LogP contribution in [0, 0.1) is 0 Å². The first-order valence-corrected chi connectivity index (χ1v) is 8.13. The first-order chi connectivity index (χ1) is 11.9. The number of benzene rings is 1. The van der Waals surface area contributed by atoms with Gasteiger partial charge in [0.25, 0.3) is 5.91 Å². The van der Waals surface area contributed by atoms with Crippen LogP contribution in [0.2, 0.25) is 0 Å². The molecule has 0 atom stereocenters. The highest BCUT2D eigenvalue weighted by molar-refractivity contribution is 5.94. The predicted molar refractivity (Wildman–Crippen MR) is 99.1 cm³/mol. The molecule has 0 saturated carbocycles. The first-order valence-electron chi connectivity index (χ1n) is 8.13. The zero-order chi connectivity index (χ0) is 18.0. The van der Waals surface area contributed by atoms with Crippen LogP contribution in [0.3, 0.4) is 0 Å². The zero-order valence-electron chi connectivity index (χ0n) is 14.8. The molecule has 7 heteroatoms. The Morgan fingerprint density at radius 1 is 1.16 bits per heavy atom. The Balaban J connectivity index is 1.89. The third kappa shape index (κ3) is 3.88. The summed E-state index contributed by atoms with van der Waals surface area (Å²) in [4.78, 5) is 22.6. The van der Waals surface area contributed by atoms with Gasteiger partial charge >= 0.3 is 5.95 Å². The lowest BCUT2D eigenvalue weighted by atomic mass is 10.1. The summed E-state index contributed by atoms with van der Waals surface area (Å²) in [6, 6.07) is 9.20. The number of amides is 1. The summed E-state index contributed by atoms with van der Waals surface area (Å²) in [5, 5.41) is 10.3. The van der Waals surface area contributed by atoms with E-state index in [0.717, 1.165) is 22.5 Å². The molecule has 0 unspecified atom stereocenters. The van der Waals surface area contributed by atoms with Gasteiger partial charge in [-0.25, -0.2) is 4.98 Å². The second-order valence-corrected chi connectivity index (χ2v) is 6.86. The molecule has 5 N–H and O–H groups in total. The van der Waals surface area contributed by atoms with Gasteiger partial charge in [-0.1, -0.05) is 4.98 Å².